The van der Waals surface area contributed by atoms with Gasteiger partial charge in [-0.25, -0.2) is 24.9 Å². The Labute approximate surface area is 893 Å². The molecule has 21 rings (SSSR count). The Morgan fingerprint density at radius 1 is 0.299 bits per heavy atom. The van der Waals surface area contributed by atoms with Crippen LogP contribution >= 0.6 is 34.0 Å². The zero-order valence-electron chi connectivity index (χ0n) is 95.2. The van der Waals surface area contributed by atoms with Crippen LogP contribution in [0.1, 0.15) is 333 Å². The number of rotatable bonds is 0. The maximum absolute atomic E-state index is 5.82. The molecule has 0 saturated heterocycles. The van der Waals surface area contributed by atoms with Crippen molar-refractivity contribution in [1.29, 1.82) is 0 Å². The van der Waals surface area contributed by atoms with Crippen molar-refractivity contribution < 1.29 is 13.3 Å². The highest BCUT2D eigenvalue weighted by molar-refractivity contribution is 7.25. The second-order valence-corrected chi connectivity index (χ2v) is 53.4. The van der Waals surface area contributed by atoms with E-state index >= 15 is 0 Å². The molecule has 9 aromatic carbocycles. The lowest BCUT2D eigenvalue weighted by atomic mass is 9.83. The predicted octanol–water partition coefficient (Wildman–Crippen LogP) is 39.6. The lowest BCUT2D eigenvalue weighted by Gasteiger charge is -2.21. The van der Waals surface area contributed by atoms with Gasteiger partial charge in [0.05, 0.1) is 12.5 Å². The van der Waals surface area contributed by atoms with Crippen molar-refractivity contribution >= 4 is 103 Å². The minimum atomic E-state index is 0.0307. The number of para-hydroxylation sites is 2. The van der Waals surface area contributed by atoms with Gasteiger partial charge in [-0.2, -0.15) is 0 Å². The largest absolute Gasteiger partial charge is 0.469 e. The third-order valence-corrected chi connectivity index (χ3v) is 28.8. The van der Waals surface area contributed by atoms with Crippen LogP contribution in [-0.2, 0) is 72.4 Å². The van der Waals surface area contributed by atoms with E-state index in [9.17, 15) is 0 Å². The number of H-pyrrole nitrogens is 1. The van der Waals surface area contributed by atoms with E-state index in [1.54, 1.807) is 12.6 Å². The van der Waals surface area contributed by atoms with Crippen molar-refractivity contribution in [3.05, 3.63) is 411 Å². The molecule has 0 bridgehead atoms. The molecule has 0 atom stereocenters. The Morgan fingerprint density at radius 2 is 0.803 bits per heavy atom. The average molecular weight is 2020 g/mol. The number of allylic oxidation sites excluding steroid dienone is 2. The molecule has 2 aliphatic rings. The number of nitrogens with zero attached hydrogens (tertiary/aromatic N) is 6. The van der Waals surface area contributed by atoms with Gasteiger partial charge < -0.3 is 18.2 Å². The van der Waals surface area contributed by atoms with E-state index in [4.69, 9.17) is 13.3 Å². The fourth-order valence-electron chi connectivity index (χ4n) is 16.5. The summed E-state index contributed by atoms with van der Waals surface area (Å²) in [5.74, 6) is 1.88. The Morgan fingerprint density at radius 3 is 1.30 bits per heavy atom. The first kappa shape index (κ1) is 117. The Kier molecular flexibility index (Phi) is 39.1. The summed E-state index contributed by atoms with van der Waals surface area (Å²) in [6.45, 7) is 79.5. The second-order valence-electron chi connectivity index (χ2n) is 50.5. The number of nitrogens with one attached hydrogen (secondary N) is 1. The minimum Gasteiger partial charge on any atom is -0.469 e. The normalized spacial score (nSPS) is 12.5. The van der Waals surface area contributed by atoms with Crippen molar-refractivity contribution in [2.24, 2.45) is 5.41 Å². The molecule has 0 radical (unpaired) electrons. The van der Waals surface area contributed by atoms with Crippen LogP contribution in [0.4, 0.5) is 0 Å². The van der Waals surface area contributed by atoms with Crippen LogP contribution in [0.25, 0.3) is 79.9 Å². The van der Waals surface area contributed by atoms with Crippen LogP contribution in [0.3, 0.4) is 0 Å². The molecule has 774 valence electrons. The van der Waals surface area contributed by atoms with E-state index in [1.165, 1.54) is 148 Å². The van der Waals surface area contributed by atoms with Gasteiger partial charge >= 0.3 is 0 Å². The zero-order valence-corrected chi connectivity index (χ0v) is 97.7. The van der Waals surface area contributed by atoms with Crippen LogP contribution in [0.5, 0.6) is 0 Å². The van der Waals surface area contributed by atoms with Crippen LogP contribution in [-0.4, -0.2) is 34.9 Å². The molecule has 10 aromatic heterocycles. The molecule has 0 unspecified atom stereocenters. The second kappa shape index (κ2) is 49.3. The van der Waals surface area contributed by atoms with Crippen molar-refractivity contribution in [2.45, 2.75) is 322 Å². The minimum absolute atomic E-state index is 0.0307. The summed E-state index contributed by atoms with van der Waals surface area (Å²) in [4.78, 5) is 28.3. The SMILES string of the molecule is CC(C)(C)C1=CCc2ccccc21.CC(C)(C)c1ccc2c(c1)-c1ccccc1C2.CC(C)(C)c1ccc2oc3ccccc3c2c1.CC(C)(C)c1ccc2sc3ccccc3c2c1.CC(C)(C)c1ccc[nH]1.CC(C)(C)c1ccco1.CC(C)(C)c1cccs1.CC(C)(C)c1ccncc1.CC(C)(C)c1cncnc1.CC(C)(C)c1coc2ccccc12.CC(C)(C)c1csc2ccccc12.CC(C)(C)c1ncncn1. The fraction of sp³-hybridized carbons (Fsp3) is 0.373. The van der Waals surface area contributed by atoms with Gasteiger partial charge in [0.15, 0.2) is 0 Å². The summed E-state index contributed by atoms with van der Waals surface area (Å²) in [5, 5.41) is 12.3. The van der Waals surface area contributed by atoms with E-state index < -0.39 is 0 Å². The molecule has 10 heterocycles. The van der Waals surface area contributed by atoms with Gasteiger partial charge in [0.2, 0.25) is 0 Å². The number of fused-ring (bicyclic) bond motifs is 12. The van der Waals surface area contributed by atoms with Crippen LogP contribution in [0.15, 0.2) is 341 Å². The molecule has 0 spiro atoms. The van der Waals surface area contributed by atoms with Crippen LogP contribution in [0, 0.1) is 5.41 Å². The Balaban J connectivity index is 0.000000165. The van der Waals surface area contributed by atoms with E-state index in [1.807, 2.05) is 120 Å². The van der Waals surface area contributed by atoms with Crippen molar-refractivity contribution in [1.82, 2.24) is 34.9 Å². The zero-order chi connectivity index (χ0) is 108. The van der Waals surface area contributed by atoms with Gasteiger partial charge in [-0.15, -0.1) is 34.0 Å². The molecular formula is C134H167N7O3S3. The smallest absolute Gasteiger partial charge is 0.137 e. The van der Waals surface area contributed by atoms with Crippen LogP contribution < -0.4 is 0 Å². The summed E-state index contributed by atoms with van der Waals surface area (Å²) in [6, 6.07) is 87.9. The first-order chi connectivity index (χ1) is 68.6. The van der Waals surface area contributed by atoms with Gasteiger partial charge in [0.25, 0.3) is 0 Å². The number of thiophene rings is 3. The number of furan rings is 3. The summed E-state index contributed by atoms with van der Waals surface area (Å²) in [5.41, 5.74) is 26.4. The monoisotopic (exact) mass is 2020 g/mol. The molecule has 10 nitrogen and oxygen atoms in total. The van der Waals surface area contributed by atoms with Crippen LogP contribution in [0.2, 0.25) is 0 Å². The van der Waals surface area contributed by atoms with E-state index in [-0.39, 0.29) is 59.6 Å². The first-order valence-electron chi connectivity index (χ1n) is 51.8. The molecule has 13 heteroatoms. The number of benzene rings is 9. The lowest BCUT2D eigenvalue weighted by molar-refractivity contribution is 0.409. The molecule has 0 saturated carbocycles. The van der Waals surface area contributed by atoms with Gasteiger partial charge in [-0.3, -0.25) is 4.98 Å². The van der Waals surface area contributed by atoms with Gasteiger partial charge in [-0.05, 0) is 241 Å². The molecule has 0 fully saturated rings. The molecule has 0 amide bonds. The first-order valence-corrected chi connectivity index (χ1v) is 54.4. The van der Waals surface area contributed by atoms with Crippen molar-refractivity contribution in [3.63, 3.8) is 0 Å². The third kappa shape index (κ3) is 34.1. The molecule has 2 aliphatic carbocycles. The molecule has 1 N–H and O–H groups in total. The summed E-state index contributed by atoms with van der Waals surface area (Å²) in [7, 11) is 0. The van der Waals surface area contributed by atoms with Crippen molar-refractivity contribution in [2.75, 3.05) is 0 Å². The molecule has 0 aliphatic heterocycles. The predicted molar refractivity (Wildman–Crippen MR) is 639 cm³/mol. The lowest BCUT2D eigenvalue weighted by Crippen LogP contribution is -2.15. The van der Waals surface area contributed by atoms with E-state index in [0.717, 1.165) is 41.2 Å². The Bertz CT molecular complexity index is 6860. The maximum Gasteiger partial charge on any atom is 0.137 e. The average Bonchev–Trinajstić information content (AvgIpc) is 1.63. The summed E-state index contributed by atoms with van der Waals surface area (Å²) >= 11 is 5.55. The molecule has 19 aromatic rings. The number of hydrogen-bond donors (Lipinski definition) is 1. The number of aromatic nitrogens is 7. The van der Waals surface area contributed by atoms with Gasteiger partial charge in [0, 0.05) is 104 Å². The quantitative estimate of drug-likeness (QED) is 0.158. The highest BCUT2D eigenvalue weighted by Gasteiger charge is 2.28. The summed E-state index contributed by atoms with van der Waals surface area (Å²) in [6.07, 6.45) is 22.1. The molecule has 147 heavy (non-hydrogen) atoms. The maximum atomic E-state index is 5.82. The van der Waals surface area contributed by atoms with Gasteiger partial charge in [-0.1, -0.05) is 413 Å². The molecular weight excluding hydrogens is 1850 g/mol. The highest BCUT2D eigenvalue weighted by atomic mass is 32.1. The third-order valence-electron chi connectivity index (χ3n) is 25.4. The number of hydrogen-bond acceptors (Lipinski definition) is 12. The summed E-state index contributed by atoms with van der Waals surface area (Å²) < 4.78 is 20.7. The fourth-order valence-corrected chi connectivity index (χ4v) is 19.5. The number of aromatic amines is 1. The van der Waals surface area contributed by atoms with E-state index in [2.05, 4.69) is 501 Å². The highest BCUT2D eigenvalue weighted by Crippen LogP contribution is 2.44. The van der Waals surface area contributed by atoms with Gasteiger partial charge in [0.1, 0.15) is 47.3 Å². The number of pyridine rings is 1. The Hall–Kier alpha value is -12.3. The van der Waals surface area contributed by atoms with Crippen molar-refractivity contribution in [3.8, 4) is 11.1 Å². The van der Waals surface area contributed by atoms with E-state index in [0.29, 0.717) is 5.41 Å². The topological polar surface area (TPSA) is 133 Å². The standard InChI is InChI=1S/C17H18.C16H16O.C16H16S.C13H16.C12H14O.C12H14S.C9H13N.C8H12N2.C8H13N.C8H12O.C8H12S.C7H11N3/c1-17(2,3)14-9-8-13-10-12-6-4-5-7-15(12)16(13)11-14;2*1-16(2,3)11-8-9-15-13(10-11)12-6-4-5-7-14(12)17-15;1-13(2,3)12-9-8-10-6-4-5-7-11(10)12;2*1-12(2,3)10-8-13-11-7-5-4-6-9(10)11;1-9(2,3)8-4-6-10-7-5-8;1-8(2,3)7-4-9-6-10-5-7;3*1-8(2,3)7-5-4-6-9-7;1-7(2,3)6-9-4-8-5-10-6/h4-9,11H,10H2,1-3H3;2*4-10H,1-3H3;4-7,9H,8H2,1-3H3;2*4-8H,1-3H3;4-7H,1-3H3;4-6H,1-3H3;4-6,9H,1-3H3;2*4-6H,1-3H3;4-5H,1-3H3.